The molecule has 2 N–H and O–H groups in total. The van der Waals surface area contributed by atoms with Gasteiger partial charge in [0.15, 0.2) is 5.78 Å². The average Bonchev–Trinajstić information content (AvgIpc) is 3.21. The summed E-state index contributed by atoms with van der Waals surface area (Å²) in [6, 6.07) is 13.3. The summed E-state index contributed by atoms with van der Waals surface area (Å²) in [6.45, 7) is 5.64. The van der Waals surface area contributed by atoms with Gasteiger partial charge in [0, 0.05) is 25.6 Å². The molecule has 0 unspecified atom stereocenters. The van der Waals surface area contributed by atoms with Crippen LogP contribution in [0.1, 0.15) is 55.8 Å². The third-order valence-corrected chi connectivity index (χ3v) is 7.40. The lowest BCUT2D eigenvalue weighted by molar-refractivity contribution is -0.122. The Morgan fingerprint density at radius 1 is 1.09 bits per heavy atom. The summed E-state index contributed by atoms with van der Waals surface area (Å²) in [5.74, 6) is 0.537. The van der Waals surface area contributed by atoms with E-state index in [2.05, 4.69) is 15.3 Å². The van der Waals surface area contributed by atoms with Gasteiger partial charge in [0.1, 0.15) is 5.82 Å². The first-order valence-corrected chi connectivity index (χ1v) is 12.3. The quantitative estimate of drug-likeness (QED) is 0.439. The molecule has 33 heavy (non-hydrogen) atoms. The Bertz CT molecular complexity index is 1200. The minimum absolute atomic E-state index is 0.115. The molecule has 1 atom stereocenters. The molecule has 0 radical (unpaired) electrons. The Labute approximate surface area is 194 Å². The number of carbonyl (C=O) groups is 2. The molecule has 1 amide bonds. The number of Topliss-reactive ketones (excluding diaryl/α,β-unsaturated/α-hetero) is 1. The summed E-state index contributed by atoms with van der Waals surface area (Å²) in [5.41, 5.74) is 2.21. The second-order valence-electron chi connectivity index (χ2n) is 8.44. The number of amides is 1. The molecular formula is C24H30N4O4S. The third kappa shape index (κ3) is 5.85. The number of para-hydroxylation sites is 2. The number of imidazole rings is 1. The van der Waals surface area contributed by atoms with Crippen LogP contribution in [-0.2, 0) is 14.8 Å². The van der Waals surface area contributed by atoms with Gasteiger partial charge in [-0.05, 0) is 43.5 Å². The molecule has 0 saturated heterocycles. The molecule has 3 aromatic rings. The molecule has 1 aromatic heterocycles. The summed E-state index contributed by atoms with van der Waals surface area (Å²) >= 11 is 0. The lowest BCUT2D eigenvalue weighted by Crippen LogP contribution is -2.33. The number of aromatic nitrogens is 2. The maximum atomic E-state index is 12.8. The number of nitrogens with zero attached hydrogens (tertiary/aromatic N) is 2. The van der Waals surface area contributed by atoms with Crippen LogP contribution in [0.2, 0.25) is 0 Å². The number of rotatable bonds is 10. The van der Waals surface area contributed by atoms with Crippen molar-refractivity contribution in [3.63, 3.8) is 0 Å². The zero-order chi connectivity index (χ0) is 24.2. The van der Waals surface area contributed by atoms with Gasteiger partial charge in [0.25, 0.3) is 0 Å². The maximum absolute atomic E-state index is 12.8. The van der Waals surface area contributed by atoms with Crippen LogP contribution in [0.4, 0.5) is 0 Å². The molecule has 2 aromatic carbocycles. The summed E-state index contributed by atoms with van der Waals surface area (Å²) in [4.78, 5) is 32.0. The van der Waals surface area contributed by atoms with Crippen molar-refractivity contribution in [3.05, 3.63) is 59.9 Å². The summed E-state index contributed by atoms with van der Waals surface area (Å²) in [7, 11) is -2.21. The molecule has 0 spiro atoms. The summed E-state index contributed by atoms with van der Waals surface area (Å²) in [6.07, 6.45) is 0.560. The van der Waals surface area contributed by atoms with Gasteiger partial charge in [-0.25, -0.2) is 17.7 Å². The highest BCUT2D eigenvalue weighted by Crippen LogP contribution is 2.22. The number of nitrogens with one attached hydrogen (secondary N) is 2. The van der Waals surface area contributed by atoms with Crippen molar-refractivity contribution >= 4 is 32.7 Å². The predicted molar refractivity (Wildman–Crippen MR) is 127 cm³/mol. The largest absolute Gasteiger partial charge is 0.346 e. The second kappa shape index (κ2) is 10.3. The molecule has 0 aliphatic rings. The summed E-state index contributed by atoms with van der Waals surface area (Å²) in [5, 5.41) is 3.02. The first kappa shape index (κ1) is 24.6. The smallest absolute Gasteiger partial charge is 0.242 e. The molecule has 8 nitrogen and oxygen atoms in total. The van der Waals surface area contributed by atoms with Crippen molar-refractivity contribution in [2.24, 2.45) is 5.92 Å². The topological polar surface area (TPSA) is 112 Å². The van der Waals surface area contributed by atoms with Gasteiger partial charge in [-0.2, -0.15) is 0 Å². The highest BCUT2D eigenvalue weighted by Gasteiger charge is 2.23. The van der Waals surface area contributed by atoms with E-state index in [1.165, 1.54) is 42.5 Å². The van der Waals surface area contributed by atoms with E-state index in [1.54, 1.807) is 0 Å². The molecule has 9 heteroatoms. The van der Waals surface area contributed by atoms with Crippen molar-refractivity contribution in [3.8, 4) is 0 Å². The van der Waals surface area contributed by atoms with Crippen molar-refractivity contribution in [2.75, 3.05) is 13.6 Å². The fourth-order valence-electron chi connectivity index (χ4n) is 3.54. The zero-order valence-electron chi connectivity index (χ0n) is 19.3. The highest BCUT2D eigenvalue weighted by atomic mass is 32.2. The molecule has 0 fully saturated rings. The number of carbonyl (C=O) groups excluding carboxylic acids is 2. The van der Waals surface area contributed by atoms with Gasteiger partial charge >= 0.3 is 0 Å². The average molecular weight is 471 g/mol. The Morgan fingerprint density at radius 3 is 2.36 bits per heavy atom. The Morgan fingerprint density at radius 2 is 1.76 bits per heavy atom. The molecule has 176 valence electrons. The van der Waals surface area contributed by atoms with E-state index in [1.807, 2.05) is 38.1 Å². The molecule has 0 bridgehead atoms. The van der Waals surface area contributed by atoms with Gasteiger partial charge in [0.2, 0.25) is 15.9 Å². The number of sulfonamides is 1. The number of aromatic amines is 1. The van der Waals surface area contributed by atoms with E-state index in [0.717, 1.165) is 11.0 Å². The molecule has 0 aliphatic heterocycles. The van der Waals surface area contributed by atoms with E-state index < -0.39 is 10.0 Å². The van der Waals surface area contributed by atoms with Crippen molar-refractivity contribution in [1.29, 1.82) is 0 Å². The lowest BCUT2D eigenvalue weighted by Gasteiger charge is -2.21. The third-order valence-electron chi connectivity index (χ3n) is 5.53. The fourth-order valence-corrected chi connectivity index (χ4v) is 4.75. The number of hydrogen-bond acceptors (Lipinski definition) is 5. The first-order chi connectivity index (χ1) is 15.6. The van der Waals surface area contributed by atoms with Crippen LogP contribution < -0.4 is 5.32 Å². The first-order valence-electron chi connectivity index (χ1n) is 10.9. The normalized spacial score (nSPS) is 12.9. The number of ketones is 1. The van der Waals surface area contributed by atoms with E-state index >= 15 is 0 Å². The molecule has 0 aliphatic carbocycles. The van der Waals surface area contributed by atoms with E-state index in [-0.39, 0.29) is 41.5 Å². The number of fused-ring (bicyclic) bond motifs is 1. The van der Waals surface area contributed by atoms with Crippen LogP contribution in [-0.4, -0.2) is 48.0 Å². The van der Waals surface area contributed by atoms with Crippen molar-refractivity contribution in [2.45, 2.75) is 44.6 Å². The Hall–Kier alpha value is -3.04. The standard InChI is InChI=1S/C24H30N4O4S/c1-16(2)23(24-25-20-8-5-6-9-21(20)26-24)27-22(30)10-7-15-28(4)33(31,32)19-13-11-18(12-14-19)17(3)29/h5-6,8-9,11-14,16,23H,7,10,15H2,1-4H3,(H,25,26)(H,27,30)/t23-/m0/s1. The van der Waals surface area contributed by atoms with E-state index in [9.17, 15) is 18.0 Å². The highest BCUT2D eigenvalue weighted by molar-refractivity contribution is 7.89. The molecule has 1 heterocycles. The molecule has 3 rings (SSSR count). The molecular weight excluding hydrogens is 440 g/mol. The van der Waals surface area contributed by atoms with Crippen LogP contribution in [0, 0.1) is 5.92 Å². The number of benzene rings is 2. The van der Waals surface area contributed by atoms with Gasteiger partial charge < -0.3 is 10.3 Å². The van der Waals surface area contributed by atoms with Crippen LogP contribution >= 0.6 is 0 Å². The number of H-pyrrole nitrogens is 1. The molecule has 0 saturated carbocycles. The second-order valence-corrected chi connectivity index (χ2v) is 10.5. The van der Waals surface area contributed by atoms with Crippen LogP contribution in [0.25, 0.3) is 11.0 Å². The number of hydrogen-bond donors (Lipinski definition) is 2. The van der Waals surface area contributed by atoms with Gasteiger partial charge in [-0.1, -0.05) is 38.1 Å². The minimum Gasteiger partial charge on any atom is -0.346 e. The maximum Gasteiger partial charge on any atom is 0.242 e. The van der Waals surface area contributed by atoms with Gasteiger partial charge in [-0.15, -0.1) is 0 Å². The monoisotopic (exact) mass is 470 g/mol. The minimum atomic E-state index is -3.70. The van der Waals surface area contributed by atoms with E-state index in [4.69, 9.17) is 0 Å². The predicted octanol–water partition coefficient (Wildman–Crippen LogP) is 3.68. The van der Waals surface area contributed by atoms with Gasteiger partial charge in [0.05, 0.1) is 22.0 Å². The van der Waals surface area contributed by atoms with Crippen LogP contribution in [0.15, 0.2) is 53.4 Å². The van der Waals surface area contributed by atoms with Crippen molar-refractivity contribution < 1.29 is 18.0 Å². The Kier molecular flexibility index (Phi) is 7.65. The fraction of sp³-hybridized carbons (Fsp3) is 0.375. The van der Waals surface area contributed by atoms with Crippen LogP contribution in [0.3, 0.4) is 0 Å². The summed E-state index contributed by atoms with van der Waals surface area (Å²) < 4.78 is 26.7. The van der Waals surface area contributed by atoms with Crippen molar-refractivity contribution in [1.82, 2.24) is 19.6 Å². The van der Waals surface area contributed by atoms with Crippen LogP contribution in [0.5, 0.6) is 0 Å². The Balaban J connectivity index is 1.57. The lowest BCUT2D eigenvalue weighted by atomic mass is 10.0. The van der Waals surface area contributed by atoms with E-state index in [0.29, 0.717) is 17.8 Å². The zero-order valence-corrected chi connectivity index (χ0v) is 20.1. The SMILES string of the molecule is CC(=O)c1ccc(S(=O)(=O)N(C)CCCC(=O)N[C@H](c2nc3ccccc3[nH]2)C(C)C)cc1. The van der Waals surface area contributed by atoms with Gasteiger partial charge in [-0.3, -0.25) is 9.59 Å².